The summed E-state index contributed by atoms with van der Waals surface area (Å²) in [6.07, 6.45) is 17.5. The maximum Gasteiger partial charge on any atom is -0.0159 e. The highest BCUT2D eigenvalue weighted by molar-refractivity contribution is 5.10. The summed E-state index contributed by atoms with van der Waals surface area (Å²) in [6, 6.07) is 0. The molecule has 0 radical (unpaired) electrons. The van der Waals surface area contributed by atoms with Gasteiger partial charge in [0.2, 0.25) is 0 Å². The van der Waals surface area contributed by atoms with Crippen LogP contribution in [0.3, 0.4) is 0 Å². The van der Waals surface area contributed by atoms with E-state index in [-0.39, 0.29) is 0 Å². The SMILES string of the molecule is C#CC=CC1CCC(CCC)CC1. The number of rotatable bonds is 3. The molecular weight excluding hydrogens is 156 g/mol. The molecule has 1 saturated carbocycles. The van der Waals surface area contributed by atoms with Crippen LogP contribution in [0.4, 0.5) is 0 Å². The molecule has 1 aliphatic carbocycles. The number of allylic oxidation sites excluding steroid dienone is 2. The molecule has 0 saturated heterocycles. The Morgan fingerprint density at radius 2 is 2.00 bits per heavy atom. The molecule has 0 aliphatic heterocycles. The number of terminal acetylenes is 1. The summed E-state index contributed by atoms with van der Waals surface area (Å²) in [7, 11) is 0. The van der Waals surface area contributed by atoms with E-state index in [2.05, 4.69) is 18.9 Å². The zero-order valence-corrected chi connectivity index (χ0v) is 8.63. The predicted octanol–water partition coefficient (Wildman–Crippen LogP) is 3.78. The van der Waals surface area contributed by atoms with Crippen LogP contribution in [0.2, 0.25) is 0 Å². The third kappa shape index (κ3) is 3.68. The summed E-state index contributed by atoms with van der Waals surface area (Å²) in [5.41, 5.74) is 0. The van der Waals surface area contributed by atoms with Crippen LogP contribution in [-0.2, 0) is 0 Å². The first-order valence-corrected chi connectivity index (χ1v) is 5.49. The molecule has 0 N–H and O–H groups in total. The molecule has 0 amide bonds. The fraction of sp³-hybridized carbons (Fsp3) is 0.692. The summed E-state index contributed by atoms with van der Waals surface area (Å²) in [5, 5.41) is 0. The van der Waals surface area contributed by atoms with Crippen molar-refractivity contribution in [2.75, 3.05) is 0 Å². The molecule has 0 bridgehead atoms. The van der Waals surface area contributed by atoms with Crippen molar-refractivity contribution in [1.82, 2.24) is 0 Å². The molecule has 0 heteroatoms. The molecule has 0 unspecified atom stereocenters. The van der Waals surface area contributed by atoms with E-state index in [0.717, 1.165) is 11.8 Å². The summed E-state index contributed by atoms with van der Waals surface area (Å²) in [5.74, 6) is 4.34. The van der Waals surface area contributed by atoms with E-state index < -0.39 is 0 Å². The van der Waals surface area contributed by atoms with Crippen molar-refractivity contribution in [3.63, 3.8) is 0 Å². The smallest absolute Gasteiger partial charge is 0.0159 e. The Kier molecular flexibility index (Phi) is 4.68. The molecule has 1 aliphatic rings. The highest BCUT2D eigenvalue weighted by atomic mass is 14.2. The molecule has 0 aromatic rings. The highest BCUT2D eigenvalue weighted by Crippen LogP contribution is 2.31. The van der Waals surface area contributed by atoms with Crippen molar-refractivity contribution in [2.45, 2.75) is 45.4 Å². The number of hydrogen-bond acceptors (Lipinski definition) is 0. The fourth-order valence-corrected chi connectivity index (χ4v) is 2.27. The minimum absolute atomic E-state index is 0.768. The molecule has 13 heavy (non-hydrogen) atoms. The second-order valence-corrected chi connectivity index (χ2v) is 4.10. The second-order valence-electron chi connectivity index (χ2n) is 4.10. The Hall–Kier alpha value is -0.700. The third-order valence-electron chi connectivity index (χ3n) is 3.05. The summed E-state index contributed by atoms with van der Waals surface area (Å²) in [4.78, 5) is 0. The predicted molar refractivity (Wildman–Crippen MR) is 58.3 cm³/mol. The van der Waals surface area contributed by atoms with E-state index in [9.17, 15) is 0 Å². The number of hydrogen-bond donors (Lipinski definition) is 0. The lowest BCUT2D eigenvalue weighted by Crippen LogP contribution is -2.12. The van der Waals surface area contributed by atoms with Gasteiger partial charge in [0, 0.05) is 0 Å². The van der Waals surface area contributed by atoms with Crippen molar-refractivity contribution in [2.24, 2.45) is 11.8 Å². The van der Waals surface area contributed by atoms with Gasteiger partial charge in [-0.15, -0.1) is 6.42 Å². The van der Waals surface area contributed by atoms with Crippen LogP contribution in [-0.4, -0.2) is 0 Å². The lowest BCUT2D eigenvalue weighted by molar-refractivity contribution is 0.294. The maximum atomic E-state index is 5.18. The lowest BCUT2D eigenvalue weighted by atomic mass is 9.80. The first kappa shape index (κ1) is 10.4. The fourth-order valence-electron chi connectivity index (χ4n) is 2.27. The Morgan fingerprint density at radius 3 is 2.54 bits per heavy atom. The van der Waals surface area contributed by atoms with Gasteiger partial charge >= 0.3 is 0 Å². The molecule has 0 aromatic heterocycles. The highest BCUT2D eigenvalue weighted by Gasteiger charge is 2.18. The van der Waals surface area contributed by atoms with E-state index in [1.807, 2.05) is 6.08 Å². The lowest BCUT2D eigenvalue weighted by Gasteiger charge is -2.26. The summed E-state index contributed by atoms with van der Waals surface area (Å²) < 4.78 is 0. The van der Waals surface area contributed by atoms with Crippen molar-refractivity contribution in [1.29, 1.82) is 0 Å². The first-order chi connectivity index (χ1) is 6.36. The van der Waals surface area contributed by atoms with Crippen molar-refractivity contribution >= 4 is 0 Å². The van der Waals surface area contributed by atoms with Gasteiger partial charge in [0.05, 0.1) is 0 Å². The Bertz CT molecular complexity index is 187. The zero-order chi connectivity index (χ0) is 9.52. The van der Waals surface area contributed by atoms with E-state index in [1.54, 1.807) is 0 Å². The summed E-state index contributed by atoms with van der Waals surface area (Å²) in [6.45, 7) is 2.28. The standard InChI is InChI=1S/C13H20/c1-3-5-7-13-10-8-12(6-4-2)9-11-13/h1,5,7,12-13H,4,6,8-11H2,2H3. The zero-order valence-electron chi connectivity index (χ0n) is 8.63. The van der Waals surface area contributed by atoms with Crippen LogP contribution in [0.5, 0.6) is 0 Å². The Labute approximate surface area is 82.4 Å². The monoisotopic (exact) mass is 176 g/mol. The van der Waals surface area contributed by atoms with E-state index >= 15 is 0 Å². The minimum Gasteiger partial charge on any atom is -0.115 e. The van der Waals surface area contributed by atoms with Gasteiger partial charge in [0.15, 0.2) is 0 Å². The van der Waals surface area contributed by atoms with Gasteiger partial charge in [-0.05, 0) is 43.6 Å². The Balaban J connectivity index is 2.23. The van der Waals surface area contributed by atoms with Gasteiger partial charge in [0.1, 0.15) is 0 Å². The van der Waals surface area contributed by atoms with Crippen molar-refractivity contribution < 1.29 is 0 Å². The van der Waals surface area contributed by atoms with E-state index in [4.69, 9.17) is 6.42 Å². The van der Waals surface area contributed by atoms with Gasteiger partial charge in [0.25, 0.3) is 0 Å². The average molecular weight is 176 g/mol. The Morgan fingerprint density at radius 1 is 1.31 bits per heavy atom. The van der Waals surface area contributed by atoms with Gasteiger partial charge < -0.3 is 0 Å². The average Bonchev–Trinajstić information content (AvgIpc) is 2.17. The molecule has 0 heterocycles. The molecule has 0 spiro atoms. The van der Waals surface area contributed by atoms with Gasteiger partial charge in [-0.2, -0.15) is 0 Å². The largest absolute Gasteiger partial charge is 0.115 e. The molecule has 0 nitrogen and oxygen atoms in total. The van der Waals surface area contributed by atoms with Crippen LogP contribution in [0.1, 0.15) is 45.4 Å². The molecule has 0 aromatic carbocycles. The van der Waals surface area contributed by atoms with Crippen LogP contribution < -0.4 is 0 Å². The third-order valence-corrected chi connectivity index (χ3v) is 3.05. The maximum absolute atomic E-state index is 5.18. The van der Waals surface area contributed by atoms with Gasteiger partial charge in [-0.1, -0.05) is 31.8 Å². The van der Waals surface area contributed by atoms with E-state index in [1.165, 1.54) is 38.5 Å². The van der Waals surface area contributed by atoms with Crippen LogP contribution >= 0.6 is 0 Å². The quantitative estimate of drug-likeness (QED) is 0.574. The molecular formula is C13H20. The summed E-state index contributed by atoms with van der Waals surface area (Å²) >= 11 is 0. The van der Waals surface area contributed by atoms with Gasteiger partial charge in [-0.3, -0.25) is 0 Å². The first-order valence-electron chi connectivity index (χ1n) is 5.49. The second kappa shape index (κ2) is 5.86. The van der Waals surface area contributed by atoms with Crippen LogP contribution in [0, 0.1) is 24.2 Å². The van der Waals surface area contributed by atoms with Gasteiger partial charge in [-0.25, -0.2) is 0 Å². The molecule has 72 valence electrons. The molecule has 0 atom stereocenters. The minimum atomic E-state index is 0.768. The molecule has 1 rings (SSSR count). The normalized spacial score (nSPS) is 28.9. The molecule has 1 fully saturated rings. The topological polar surface area (TPSA) is 0 Å². The van der Waals surface area contributed by atoms with Crippen LogP contribution in [0.25, 0.3) is 0 Å². The van der Waals surface area contributed by atoms with Crippen LogP contribution in [0.15, 0.2) is 12.2 Å². The van der Waals surface area contributed by atoms with Crippen molar-refractivity contribution in [3.05, 3.63) is 12.2 Å². The van der Waals surface area contributed by atoms with Crippen molar-refractivity contribution in [3.8, 4) is 12.3 Å². The van der Waals surface area contributed by atoms with E-state index in [0.29, 0.717) is 0 Å².